The topological polar surface area (TPSA) is 39.2 Å². The Bertz CT molecular complexity index is 417. The number of carbonyl (C=O) groups is 1. The average Bonchev–Trinajstić information content (AvgIpc) is 2.77. The van der Waals surface area contributed by atoms with Crippen molar-refractivity contribution in [3.8, 4) is 0 Å². The fourth-order valence-corrected chi connectivity index (χ4v) is 2.11. The molecule has 0 aliphatic heterocycles. The van der Waals surface area contributed by atoms with Crippen LogP contribution in [0, 0.1) is 0 Å². The third-order valence-electron chi connectivity index (χ3n) is 1.71. The lowest BCUT2D eigenvalue weighted by atomic mass is 10.3. The molecule has 0 saturated heterocycles. The minimum Gasteiger partial charge on any atom is -0.426 e. The number of nitrogens with zero attached hydrogens (tertiary/aromatic N) is 1. The summed E-state index contributed by atoms with van der Waals surface area (Å²) in [5.74, 6) is -0.745. The van der Waals surface area contributed by atoms with Crippen LogP contribution in [0.5, 0.6) is 0 Å². The largest absolute Gasteiger partial charge is 0.426 e. The van der Waals surface area contributed by atoms with Gasteiger partial charge in [0.1, 0.15) is 10.8 Å². The molecule has 1 aromatic rings. The van der Waals surface area contributed by atoms with Crippen LogP contribution in [-0.2, 0) is 9.53 Å². The fraction of sp³-hybridized carbons (Fsp3) is 0.333. The number of hydrogen-bond donors (Lipinski definition) is 0. The van der Waals surface area contributed by atoms with Gasteiger partial charge >= 0.3 is 5.97 Å². The molecule has 0 spiro atoms. The molecule has 0 radical (unpaired) electrons. The summed E-state index contributed by atoms with van der Waals surface area (Å²) < 4.78 is 4.94. The van der Waals surface area contributed by atoms with E-state index in [1.165, 1.54) is 11.3 Å². The summed E-state index contributed by atoms with van der Waals surface area (Å²) in [5, 5.41) is 2.43. The highest BCUT2D eigenvalue weighted by molar-refractivity contribution is 7.10. The van der Waals surface area contributed by atoms with Gasteiger partial charge in [0.05, 0.1) is 0 Å². The maximum Gasteiger partial charge on any atom is 0.344 e. The van der Waals surface area contributed by atoms with Gasteiger partial charge in [0, 0.05) is 17.2 Å². The summed E-state index contributed by atoms with van der Waals surface area (Å²) in [6.45, 7) is 1.69. The van der Waals surface area contributed by atoms with Crippen molar-refractivity contribution in [2.45, 2.75) is 16.6 Å². The lowest BCUT2D eigenvalue weighted by Crippen LogP contribution is -2.15. The van der Waals surface area contributed by atoms with Crippen molar-refractivity contribution < 1.29 is 9.53 Å². The molecule has 0 aromatic carbocycles. The second-order valence-electron chi connectivity index (χ2n) is 2.85. The number of alkyl halides is 4. The number of allylic oxidation sites excluding steroid dienone is 2. The number of hydrogen-bond acceptors (Lipinski definition) is 4. The molecule has 0 saturated carbocycles. The molecule has 1 aromatic heterocycles. The molecule has 8 heteroatoms. The average molecular weight is 335 g/mol. The third-order valence-corrected chi connectivity index (χ3v) is 3.36. The molecular weight excluding hydrogens is 328 g/mol. The Balaban J connectivity index is 3.00. The van der Waals surface area contributed by atoms with Crippen molar-refractivity contribution >= 4 is 69.3 Å². The zero-order valence-corrected chi connectivity index (χ0v) is 12.3. The third kappa shape index (κ3) is 4.30. The van der Waals surface area contributed by atoms with E-state index < -0.39 is 15.6 Å². The van der Waals surface area contributed by atoms with E-state index in [2.05, 4.69) is 4.98 Å². The normalized spacial score (nSPS) is 12.9. The van der Waals surface area contributed by atoms with Crippen LogP contribution in [0.2, 0.25) is 0 Å². The van der Waals surface area contributed by atoms with Crippen LogP contribution in [0.3, 0.4) is 0 Å². The fourth-order valence-electron chi connectivity index (χ4n) is 0.952. The predicted octanol–water partition coefficient (Wildman–Crippen LogP) is 4.02. The summed E-state index contributed by atoms with van der Waals surface area (Å²) in [7, 11) is 0. The minimum atomic E-state index is -1.29. The van der Waals surface area contributed by atoms with Gasteiger partial charge < -0.3 is 4.74 Å². The number of esters is 1. The standard InChI is InChI=1S/C9H7Cl4NO2S/c1-4(8-14-2-3-17-8)5(6(10)11)16-9(15)7(12)13/h2-3,6-7H,1H3/b5-4-. The molecule has 0 aliphatic rings. The highest BCUT2D eigenvalue weighted by atomic mass is 35.5. The number of ether oxygens (including phenoxy) is 1. The first-order valence-corrected chi connectivity index (χ1v) is 6.94. The molecule has 0 aliphatic carbocycles. The van der Waals surface area contributed by atoms with E-state index in [9.17, 15) is 4.79 Å². The number of rotatable bonds is 4. The second kappa shape index (κ2) is 6.81. The Labute approximate surface area is 122 Å². The van der Waals surface area contributed by atoms with Gasteiger partial charge in [-0.1, -0.05) is 46.4 Å². The lowest BCUT2D eigenvalue weighted by molar-refractivity contribution is -0.137. The Hall–Kier alpha value is -0.0000000000000000833. The van der Waals surface area contributed by atoms with Gasteiger partial charge in [-0.25, -0.2) is 9.78 Å². The molecule has 0 atom stereocenters. The van der Waals surface area contributed by atoms with Crippen molar-refractivity contribution in [3.05, 3.63) is 22.3 Å². The molecule has 1 rings (SSSR count). The molecule has 0 bridgehead atoms. The van der Waals surface area contributed by atoms with Crippen LogP contribution in [0.15, 0.2) is 17.3 Å². The van der Waals surface area contributed by atoms with Crippen molar-refractivity contribution in [1.29, 1.82) is 0 Å². The Morgan fingerprint density at radius 3 is 2.41 bits per heavy atom. The first kappa shape index (κ1) is 15.1. The Morgan fingerprint density at radius 2 is 2.00 bits per heavy atom. The van der Waals surface area contributed by atoms with Gasteiger partial charge in [-0.05, 0) is 6.92 Å². The van der Waals surface area contributed by atoms with E-state index in [4.69, 9.17) is 51.1 Å². The Morgan fingerprint density at radius 1 is 1.35 bits per heavy atom. The van der Waals surface area contributed by atoms with E-state index in [-0.39, 0.29) is 5.76 Å². The van der Waals surface area contributed by atoms with Crippen LogP contribution in [0.4, 0.5) is 0 Å². The monoisotopic (exact) mass is 333 g/mol. The van der Waals surface area contributed by atoms with Crippen LogP contribution < -0.4 is 0 Å². The SMILES string of the molecule is C/C(=C(/OC(=O)C(Cl)Cl)C(Cl)Cl)c1nccs1. The molecular formula is C9H7Cl4NO2S. The van der Waals surface area contributed by atoms with Gasteiger partial charge in [-0.2, -0.15) is 0 Å². The van der Waals surface area contributed by atoms with Gasteiger partial charge in [0.15, 0.2) is 4.84 Å². The van der Waals surface area contributed by atoms with Gasteiger partial charge in [-0.3, -0.25) is 0 Å². The quantitative estimate of drug-likeness (QED) is 0.474. The van der Waals surface area contributed by atoms with E-state index >= 15 is 0 Å². The van der Waals surface area contributed by atoms with Crippen LogP contribution in [0.1, 0.15) is 11.9 Å². The molecule has 17 heavy (non-hydrogen) atoms. The molecule has 0 unspecified atom stereocenters. The first-order valence-electron chi connectivity index (χ1n) is 4.32. The molecule has 3 nitrogen and oxygen atoms in total. The van der Waals surface area contributed by atoms with E-state index in [1.54, 1.807) is 18.5 Å². The summed E-state index contributed by atoms with van der Waals surface area (Å²) in [6.07, 6.45) is 1.62. The summed E-state index contributed by atoms with van der Waals surface area (Å²) in [4.78, 5) is 13.0. The van der Waals surface area contributed by atoms with Gasteiger partial charge in [0.25, 0.3) is 0 Å². The number of halogens is 4. The van der Waals surface area contributed by atoms with Gasteiger partial charge in [-0.15, -0.1) is 11.3 Å². The van der Waals surface area contributed by atoms with Crippen molar-refractivity contribution in [2.75, 3.05) is 0 Å². The number of thiazole rings is 1. The van der Waals surface area contributed by atoms with Crippen molar-refractivity contribution in [1.82, 2.24) is 4.98 Å². The van der Waals surface area contributed by atoms with E-state index in [1.807, 2.05) is 0 Å². The highest BCUT2D eigenvalue weighted by Gasteiger charge is 2.22. The summed E-state index contributed by atoms with van der Waals surface area (Å²) >= 11 is 23.6. The maximum absolute atomic E-state index is 11.3. The summed E-state index contributed by atoms with van der Waals surface area (Å²) in [6, 6.07) is 0. The zero-order chi connectivity index (χ0) is 13.0. The van der Waals surface area contributed by atoms with Crippen LogP contribution >= 0.6 is 57.7 Å². The zero-order valence-electron chi connectivity index (χ0n) is 8.49. The molecule has 0 fully saturated rings. The smallest absolute Gasteiger partial charge is 0.344 e. The molecule has 1 heterocycles. The summed E-state index contributed by atoms with van der Waals surface area (Å²) in [5.41, 5.74) is 0.567. The van der Waals surface area contributed by atoms with Crippen LogP contribution in [-0.4, -0.2) is 20.6 Å². The second-order valence-corrected chi connectivity index (χ2v) is 5.94. The maximum atomic E-state index is 11.3. The van der Waals surface area contributed by atoms with Crippen LogP contribution in [0.25, 0.3) is 5.57 Å². The number of aromatic nitrogens is 1. The lowest BCUT2D eigenvalue weighted by Gasteiger charge is -2.12. The number of carbonyl (C=O) groups excluding carboxylic acids is 1. The Kier molecular flexibility index (Phi) is 6.03. The first-order chi connectivity index (χ1) is 7.93. The highest BCUT2D eigenvalue weighted by Crippen LogP contribution is 2.28. The van der Waals surface area contributed by atoms with Crippen molar-refractivity contribution in [3.63, 3.8) is 0 Å². The predicted molar refractivity (Wildman–Crippen MR) is 71.8 cm³/mol. The molecule has 0 N–H and O–H groups in total. The molecule has 94 valence electrons. The minimum absolute atomic E-state index is 0.0829. The molecule has 0 amide bonds. The van der Waals surface area contributed by atoms with E-state index in [0.717, 1.165) is 0 Å². The van der Waals surface area contributed by atoms with Gasteiger partial charge in [0.2, 0.25) is 4.84 Å². The van der Waals surface area contributed by atoms with Crippen molar-refractivity contribution in [2.24, 2.45) is 0 Å². The van der Waals surface area contributed by atoms with E-state index in [0.29, 0.717) is 10.6 Å².